The highest BCUT2D eigenvalue weighted by Gasteiger charge is 2.40. The van der Waals surface area contributed by atoms with Crippen molar-refractivity contribution in [1.29, 1.82) is 0 Å². The number of rotatable bonds is 12. The number of carbonyl (C=O) groups is 5. The van der Waals surface area contributed by atoms with E-state index in [1.54, 1.807) is 63.4 Å². The van der Waals surface area contributed by atoms with Crippen LogP contribution in [0.1, 0.15) is 84.5 Å². The zero-order chi connectivity index (χ0) is 48.9. The number of allylic oxidation sites excluding steroid dienone is 2. The van der Waals surface area contributed by atoms with E-state index >= 15 is 4.39 Å². The monoisotopic (exact) mass is 922 g/mol. The number of fused-ring (bicyclic) bond motifs is 6. The molecule has 6 bridgehead atoms. The normalized spacial score (nSPS) is 21.4. The van der Waals surface area contributed by atoms with Crippen LogP contribution in [0.25, 0.3) is 27.6 Å². The first-order chi connectivity index (χ1) is 31.9. The highest BCUT2D eigenvalue weighted by Crippen LogP contribution is 2.41. The van der Waals surface area contributed by atoms with Gasteiger partial charge in [-0.1, -0.05) is 71.2 Å². The number of carbonyl (C=O) groups excluding carboxylic acids is 5. The van der Waals surface area contributed by atoms with Gasteiger partial charge in [-0.05, 0) is 87.3 Å². The summed E-state index contributed by atoms with van der Waals surface area (Å²) < 4.78 is 31.4. The second-order valence-electron chi connectivity index (χ2n) is 19.0. The van der Waals surface area contributed by atoms with Crippen LogP contribution in [-0.4, -0.2) is 120 Å². The summed E-state index contributed by atoms with van der Waals surface area (Å²) in [5.41, 5.74) is 7.81. The molecule has 15 heteroatoms. The van der Waals surface area contributed by atoms with Gasteiger partial charge >= 0.3 is 5.97 Å². The SMILES string of the molecule is C=CC(=O)N1CC[C@H](C(=O)N(C)[C@H](C(=O)N[C@H]2Cc3cccc(c3F)-c3ccc4c(c3)c(c(/C(C=C)=C(/N=CC)[C@H](C)OC)n4CC)CC(C)(C)COC(=O)[C@@H]3CCCN(N3)C2=O)C(C)C)C1. The summed E-state index contributed by atoms with van der Waals surface area (Å²) >= 11 is 0. The third-order valence-corrected chi connectivity index (χ3v) is 13.3. The number of methoxy groups -OCH3 is 1. The second kappa shape index (κ2) is 21.4. The van der Waals surface area contributed by atoms with E-state index in [1.165, 1.54) is 16.0 Å². The number of nitrogens with zero attached hydrogens (tertiary/aromatic N) is 5. The lowest BCUT2D eigenvalue weighted by Gasteiger charge is -2.37. The van der Waals surface area contributed by atoms with Crippen LogP contribution >= 0.6 is 0 Å². The van der Waals surface area contributed by atoms with Crippen LogP contribution in [0.15, 0.2) is 72.4 Å². The third kappa shape index (κ3) is 10.6. The van der Waals surface area contributed by atoms with E-state index in [0.717, 1.165) is 27.7 Å². The van der Waals surface area contributed by atoms with Crippen molar-refractivity contribution in [3.05, 3.63) is 90.0 Å². The summed E-state index contributed by atoms with van der Waals surface area (Å²) in [6, 6.07) is 7.73. The first-order valence-electron chi connectivity index (χ1n) is 23.4. The van der Waals surface area contributed by atoms with Crippen molar-refractivity contribution in [2.75, 3.05) is 40.4 Å². The number of hydrogen-bond acceptors (Lipinski definition) is 9. The summed E-state index contributed by atoms with van der Waals surface area (Å²) in [5, 5.41) is 5.12. The lowest BCUT2D eigenvalue weighted by atomic mass is 9.84. The Morgan fingerprint density at radius 2 is 1.85 bits per heavy atom. The van der Waals surface area contributed by atoms with Crippen LogP contribution < -0.4 is 10.7 Å². The van der Waals surface area contributed by atoms with Crippen molar-refractivity contribution in [2.45, 2.75) is 111 Å². The van der Waals surface area contributed by atoms with E-state index in [1.807, 2.05) is 45.9 Å². The fourth-order valence-corrected chi connectivity index (χ4v) is 9.85. The van der Waals surface area contributed by atoms with Crippen molar-refractivity contribution in [3.63, 3.8) is 0 Å². The molecule has 4 amide bonds. The van der Waals surface area contributed by atoms with Gasteiger partial charge in [0.05, 0.1) is 30.0 Å². The number of hydrazine groups is 1. The Bertz CT molecular complexity index is 2470. The maximum absolute atomic E-state index is 17.3. The number of nitrogens with one attached hydrogen (secondary N) is 2. The molecule has 0 spiro atoms. The highest BCUT2D eigenvalue weighted by atomic mass is 19.1. The van der Waals surface area contributed by atoms with Crippen LogP contribution in [0.4, 0.5) is 4.39 Å². The van der Waals surface area contributed by atoms with Gasteiger partial charge in [-0.2, -0.15) is 0 Å². The van der Waals surface area contributed by atoms with Crippen molar-refractivity contribution in [3.8, 4) is 11.1 Å². The number of aliphatic imine (C=N–C) groups is 1. The minimum atomic E-state index is -1.30. The van der Waals surface area contributed by atoms with E-state index in [2.05, 4.69) is 35.4 Å². The van der Waals surface area contributed by atoms with E-state index in [4.69, 9.17) is 14.5 Å². The molecule has 67 heavy (non-hydrogen) atoms. The van der Waals surface area contributed by atoms with Gasteiger partial charge in [0.15, 0.2) is 0 Å². The van der Waals surface area contributed by atoms with Gasteiger partial charge in [-0.25, -0.2) is 9.82 Å². The van der Waals surface area contributed by atoms with E-state index in [-0.39, 0.29) is 55.5 Å². The number of likely N-dealkylation sites (tertiary alicyclic amines) is 1. The largest absolute Gasteiger partial charge is 0.464 e. The molecule has 1 aromatic heterocycles. The number of ether oxygens (including phenoxy) is 2. The molecular formula is C52H68FN7O7. The average molecular weight is 922 g/mol. The standard InChI is InChI=1S/C52H68FN7O7/c1-12-36(45(54-14-3)32(7)66-11)47-39-28-52(8,9)30-67-51(65)40-20-17-24-60(56-40)50(64)41(27-34-18-16-19-37(44(34)53)33-21-22-42(38(39)26-33)59(47)15-4)55-48(62)46(31(5)6)57(10)49(63)35-23-25-58(29-35)43(61)13-2/h12-14,16,18-19,21-22,26,31-32,35,40-41,46,56H,1-2,15,17,20,23-25,27-30H2,3-11H3,(H,55,62)/b45-36+,54-14?/t32-,35-,40-,41-,46-/m0/s1. The average Bonchev–Trinajstić information content (AvgIpc) is 3.92. The maximum atomic E-state index is 17.3. The Morgan fingerprint density at radius 1 is 1.10 bits per heavy atom. The van der Waals surface area contributed by atoms with E-state index in [9.17, 15) is 24.0 Å². The lowest BCUT2D eigenvalue weighted by molar-refractivity contribution is -0.155. The summed E-state index contributed by atoms with van der Waals surface area (Å²) in [6.45, 7) is 22.8. The van der Waals surface area contributed by atoms with Crippen molar-refractivity contribution >= 4 is 52.3 Å². The number of aryl methyl sites for hydroxylation is 1. The van der Waals surface area contributed by atoms with E-state index < -0.39 is 53.1 Å². The third-order valence-electron chi connectivity index (χ3n) is 13.3. The molecular weight excluding hydrogens is 854 g/mol. The Kier molecular flexibility index (Phi) is 16.1. The van der Waals surface area contributed by atoms with Gasteiger partial charge in [-0.15, -0.1) is 0 Å². The number of benzene rings is 2. The fraction of sp³-hybridized carbons (Fsp3) is 0.500. The van der Waals surface area contributed by atoms with Crippen molar-refractivity contribution < 1.29 is 37.8 Å². The minimum absolute atomic E-state index is 0.0547. The van der Waals surface area contributed by atoms with Crippen molar-refractivity contribution in [2.24, 2.45) is 22.2 Å². The number of esters is 1. The molecule has 5 atom stereocenters. The van der Waals surface area contributed by atoms with E-state index in [0.29, 0.717) is 55.6 Å². The molecule has 3 aliphatic rings. The highest BCUT2D eigenvalue weighted by molar-refractivity contribution is 5.96. The topological polar surface area (TPSA) is 155 Å². The van der Waals surface area contributed by atoms with Crippen molar-refractivity contribution in [1.82, 2.24) is 30.1 Å². The number of likely N-dealkylation sites (N-methyl/N-ethyl adjacent to an activating group) is 1. The van der Waals surface area contributed by atoms with Gasteiger partial charge in [0.1, 0.15) is 23.9 Å². The molecule has 2 aromatic carbocycles. The number of amides is 4. The number of halogens is 1. The second-order valence-corrected chi connectivity index (χ2v) is 19.0. The Hall–Kier alpha value is -5.93. The molecule has 2 fully saturated rings. The number of cyclic esters (lactones) is 1. The lowest BCUT2D eigenvalue weighted by Crippen LogP contribution is -2.62. The molecule has 4 heterocycles. The first-order valence-corrected chi connectivity index (χ1v) is 23.4. The molecule has 0 saturated carbocycles. The van der Waals surface area contributed by atoms with Crippen LogP contribution in [0.2, 0.25) is 0 Å². The fourth-order valence-electron chi connectivity index (χ4n) is 9.85. The molecule has 14 nitrogen and oxygen atoms in total. The number of hydrogen-bond donors (Lipinski definition) is 2. The van der Waals surface area contributed by atoms with Crippen LogP contribution in [0, 0.1) is 23.1 Å². The van der Waals surface area contributed by atoms with Gasteiger partial charge in [0, 0.05) is 80.4 Å². The Morgan fingerprint density at radius 3 is 2.51 bits per heavy atom. The van der Waals surface area contributed by atoms with Gasteiger partial charge in [0.25, 0.3) is 5.91 Å². The molecule has 3 aliphatic heterocycles. The molecule has 2 N–H and O–H groups in total. The predicted molar refractivity (Wildman–Crippen MR) is 259 cm³/mol. The zero-order valence-electron chi connectivity index (χ0n) is 40.6. The quantitative estimate of drug-likeness (QED) is 0.0886. The van der Waals surface area contributed by atoms with Crippen LogP contribution in [0.5, 0.6) is 0 Å². The summed E-state index contributed by atoms with van der Waals surface area (Å²) in [7, 11) is 3.19. The molecule has 0 unspecified atom stereocenters. The minimum Gasteiger partial charge on any atom is -0.464 e. The zero-order valence-corrected chi connectivity index (χ0v) is 40.6. The smallest absolute Gasteiger partial charge is 0.324 e. The van der Waals surface area contributed by atoms with Gasteiger partial charge in [0.2, 0.25) is 17.7 Å². The molecule has 2 saturated heterocycles. The molecule has 360 valence electrons. The van der Waals surface area contributed by atoms with Gasteiger partial charge < -0.3 is 29.2 Å². The maximum Gasteiger partial charge on any atom is 0.324 e. The molecule has 6 rings (SSSR count). The summed E-state index contributed by atoms with van der Waals surface area (Å²) in [5.74, 6) is -3.71. The molecule has 3 aromatic rings. The summed E-state index contributed by atoms with van der Waals surface area (Å²) in [6.07, 6.45) is 5.89. The molecule has 0 aliphatic carbocycles. The number of aromatic nitrogens is 1. The van der Waals surface area contributed by atoms with Crippen LogP contribution in [-0.2, 0) is 52.8 Å². The predicted octanol–water partition coefficient (Wildman–Crippen LogP) is 6.66. The summed E-state index contributed by atoms with van der Waals surface area (Å²) in [4.78, 5) is 77.0. The van der Waals surface area contributed by atoms with Gasteiger partial charge in [-0.3, -0.25) is 34.0 Å². The Balaban J connectivity index is 1.47. The van der Waals surface area contributed by atoms with Crippen LogP contribution in [0.3, 0.4) is 0 Å². The Labute approximate surface area is 394 Å². The first kappa shape index (κ1) is 50.5. The molecule has 0 radical (unpaired) electrons.